The number of carbonyl (C=O) groups is 1. The van der Waals surface area contributed by atoms with E-state index in [1.54, 1.807) is 17.7 Å². The summed E-state index contributed by atoms with van der Waals surface area (Å²) in [5.41, 5.74) is 2.40. The van der Waals surface area contributed by atoms with Crippen molar-refractivity contribution in [2.45, 2.75) is 30.9 Å². The lowest BCUT2D eigenvalue weighted by atomic mass is 10.3. The number of anilines is 1. The number of aromatic nitrogens is 2. The van der Waals surface area contributed by atoms with Gasteiger partial charge in [-0.25, -0.2) is 4.39 Å². The summed E-state index contributed by atoms with van der Waals surface area (Å²) in [5.74, 6) is -0.602. The third-order valence-corrected chi connectivity index (χ3v) is 4.71. The first-order valence-electron chi connectivity index (χ1n) is 6.72. The van der Waals surface area contributed by atoms with Crippen molar-refractivity contribution in [3.8, 4) is 0 Å². The molecule has 0 aliphatic carbocycles. The molecule has 7 heteroatoms. The summed E-state index contributed by atoms with van der Waals surface area (Å²) in [6, 6.07) is 4.42. The minimum atomic E-state index is -0.468. The highest BCUT2D eigenvalue weighted by atomic mass is 35.5. The molecule has 4 nitrogen and oxygen atoms in total. The Kier molecular flexibility index (Phi) is 5.13. The van der Waals surface area contributed by atoms with Crippen LogP contribution in [0, 0.1) is 19.7 Å². The van der Waals surface area contributed by atoms with Crippen LogP contribution in [0.15, 0.2) is 23.1 Å². The van der Waals surface area contributed by atoms with Gasteiger partial charge in [0.25, 0.3) is 0 Å². The van der Waals surface area contributed by atoms with Crippen molar-refractivity contribution in [2.75, 3.05) is 5.32 Å². The number of hydrogen-bond donors (Lipinski definition) is 1. The van der Waals surface area contributed by atoms with Crippen molar-refractivity contribution in [3.63, 3.8) is 0 Å². The molecule has 0 bridgehead atoms. The lowest BCUT2D eigenvalue weighted by Gasteiger charge is -2.12. The van der Waals surface area contributed by atoms with E-state index in [2.05, 4.69) is 10.4 Å². The molecule has 118 valence electrons. The average Bonchev–Trinajstić information content (AvgIpc) is 2.69. The van der Waals surface area contributed by atoms with Crippen molar-refractivity contribution in [3.05, 3.63) is 40.4 Å². The fraction of sp³-hybridized carbons (Fsp3) is 0.333. The Labute approximate surface area is 138 Å². The molecule has 1 atom stereocenters. The maximum absolute atomic E-state index is 13.1. The molecule has 1 amide bonds. The Balaban J connectivity index is 2.07. The molecular formula is C15H17ClFN3OS. The van der Waals surface area contributed by atoms with E-state index in [0.717, 1.165) is 22.0 Å². The van der Waals surface area contributed by atoms with Gasteiger partial charge in [0.2, 0.25) is 5.91 Å². The van der Waals surface area contributed by atoms with Gasteiger partial charge in [0.1, 0.15) is 5.82 Å². The Morgan fingerprint density at radius 3 is 2.68 bits per heavy atom. The number of aryl methyl sites for hydroxylation is 2. The van der Waals surface area contributed by atoms with E-state index in [1.165, 1.54) is 23.9 Å². The number of halogens is 2. The number of carbonyl (C=O) groups excluding carboxylic acids is 1. The first-order valence-corrected chi connectivity index (χ1v) is 7.98. The molecule has 0 radical (unpaired) electrons. The van der Waals surface area contributed by atoms with E-state index in [9.17, 15) is 9.18 Å². The number of hydrogen-bond acceptors (Lipinski definition) is 3. The van der Waals surface area contributed by atoms with Gasteiger partial charge in [-0.1, -0.05) is 11.6 Å². The molecule has 0 aliphatic heterocycles. The third-order valence-electron chi connectivity index (χ3n) is 3.33. The van der Waals surface area contributed by atoms with E-state index in [4.69, 9.17) is 11.6 Å². The second kappa shape index (κ2) is 6.71. The highest BCUT2D eigenvalue weighted by molar-refractivity contribution is 8.00. The van der Waals surface area contributed by atoms with E-state index in [-0.39, 0.29) is 16.2 Å². The molecule has 1 N–H and O–H groups in total. The van der Waals surface area contributed by atoms with Gasteiger partial charge in [0.15, 0.2) is 0 Å². The largest absolute Gasteiger partial charge is 0.322 e. The number of thioether (sulfide) groups is 1. The molecule has 0 fully saturated rings. The van der Waals surface area contributed by atoms with Crippen LogP contribution in [0.4, 0.5) is 10.1 Å². The number of amides is 1. The van der Waals surface area contributed by atoms with Crippen molar-refractivity contribution in [1.29, 1.82) is 0 Å². The third kappa shape index (κ3) is 3.62. The predicted octanol–water partition coefficient (Wildman–Crippen LogP) is 3.95. The Bertz CT molecular complexity index is 717. The minimum absolute atomic E-state index is 0.0524. The molecule has 0 aliphatic rings. The fourth-order valence-electron chi connectivity index (χ4n) is 1.99. The molecular weight excluding hydrogens is 325 g/mol. The quantitative estimate of drug-likeness (QED) is 0.856. The molecule has 1 unspecified atom stereocenters. The van der Waals surface area contributed by atoms with Gasteiger partial charge in [0.05, 0.1) is 27.3 Å². The summed E-state index contributed by atoms with van der Waals surface area (Å²) in [4.78, 5) is 13.1. The monoisotopic (exact) mass is 341 g/mol. The average molecular weight is 342 g/mol. The molecule has 0 saturated carbocycles. The molecule has 1 heterocycles. The molecule has 0 saturated heterocycles. The predicted molar refractivity (Wildman–Crippen MR) is 88.0 cm³/mol. The number of nitrogens with zero attached hydrogens (tertiary/aromatic N) is 2. The van der Waals surface area contributed by atoms with Gasteiger partial charge in [0, 0.05) is 11.9 Å². The molecule has 1 aromatic carbocycles. The lowest BCUT2D eigenvalue weighted by molar-refractivity contribution is -0.115. The second-order valence-electron chi connectivity index (χ2n) is 4.99. The van der Waals surface area contributed by atoms with Crippen LogP contribution in [-0.2, 0) is 11.8 Å². The van der Waals surface area contributed by atoms with Crippen molar-refractivity contribution >= 4 is 35.0 Å². The first-order chi connectivity index (χ1) is 10.3. The molecule has 0 spiro atoms. The highest BCUT2D eigenvalue weighted by Gasteiger charge is 2.18. The smallest absolute Gasteiger partial charge is 0.237 e. The van der Waals surface area contributed by atoms with E-state index < -0.39 is 5.82 Å². The molecule has 2 rings (SSSR count). The second-order valence-corrected chi connectivity index (χ2v) is 6.82. The SMILES string of the molecule is Cc1nn(C)c(C)c1NC(=O)C(C)Sc1ccc(F)c(Cl)c1. The van der Waals surface area contributed by atoms with Gasteiger partial charge < -0.3 is 5.32 Å². The summed E-state index contributed by atoms with van der Waals surface area (Å²) in [6.45, 7) is 5.53. The number of nitrogens with one attached hydrogen (secondary N) is 1. The van der Waals surface area contributed by atoms with E-state index >= 15 is 0 Å². The normalized spacial score (nSPS) is 12.3. The topological polar surface area (TPSA) is 46.9 Å². The number of rotatable bonds is 4. The van der Waals surface area contributed by atoms with E-state index in [1.807, 2.05) is 20.9 Å². The van der Waals surface area contributed by atoms with Crippen molar-refractivity contribution in [2.24, 2.45) is 7.05 Å². The van der Waals surface area contributed by atoms with Crippen LogP contribution in [0.2, 0.25) is 5.02 Å². The summed E-state index contributed by atoms with van der Waals surface area (Å²) < 4.78 is 14.9. The molecule has 1 aromatic heterocycles. The Morgan fingerprint density at radius 2 is 2.14 bits per heavy atom. The maximum atomic E-state index is 13.1. The molecule has 2 aromatic rings. The summed E-state index contributed by atoms with van der Waals surface area (Å²) >= 11 is 7.07. The zero-order valence-corrected chi connectivity index (χ0v) is 14.3. The van der Waals surface area contributed by atoms with Crippen LogP contribution in [0.1, 0.15) is 18.3 Å². The van der Waals surface area contributed by atoms with Crippen molar-refractivity contribution in [1.82, 2.24) is 9.78 Å². The van der Waals surface area contributed by atoms with Crippen molar-refractivity contribution < 1.29 is 9.18 Å². The standard InChI is InChI=1S/C15H17ClFN3OS/c1-8-14(9(2)20(4)19-8)18-15(21)10(3)22-11-5-6-13(17)12(16)7-11/h5-7,10H,1-4H3,(H,18,21). The minimum Gasteiger partial charge on any atom is -0.322 e. The van der Waals surface area contributed by atoms with Crippen LogP contribution in [0.3, 0.4) is 0 Å². The first kappa shape index (κ1) is 16.8. The van der Waals surface area contributed by atoms with Crippen LogP contribution in [0.25, 0.3) is 0 Å². The van der Waals surface area contributed by atoms with Crippen LogP contribution in [-0.4, -0.2) is 20.9 Å². The number of benzene rings is 1. The van der Waals surface area contributed by atoms with Gasteiger partial charge in [-0.2, -0.15) is 5.10 Å². The van der Waals surface area contributed by atoms with E-state index in [0.29, 0.717) is 0 Å². The van der Waals surface area contributed by atoms with Crippen LogP contribution < -0.4 is 5.32 Å². The zero-order valence-electron chi connectivity index (χ0n) is 12.8. The highest BCUT2D eigenvalue weighted by Crippen LogP contribution is 2.28. The summed E-state index contributed by atoms with van der Waals surface area (Å²) in [5, 5.41) is 6.87. The van der Waals surface area contributed by atoms with Gasteiger partial charge in [-0.15, -0.1) is 11.8 Å². The summed E-state index contributed by atoms with van der Waals surface area (Å²) in [6.07, 6.45) is 0. The fourth-order valence-corrected chi connectivity index (χ4v) is 3.14. The Hall–Kier alpha value is -1.53. The van der Waals surface area contributed by atoms with Gasteiger partial charge in [-0.3, -0.25) is 9.48 Å². The lowest BCUT2D eigenvalue weighted by Crippen LogP contribution is -2.23. The zero-order chi connectivity index (χ0) is 16.4. The molecule has 22 heavy (non-hydrogen) atoms. The van der Waals surface area contributed by atoms with Gasteiger partial charge >= 0.3 is 0 Å². The Morgan fingerprint density at radius 1 is 1.45 bits per heavy atom. The van der Waals surface area contributed by atoms with Gasteiger partial charge in [-0.05, 0) is 39.0 Å². The van der Waals surface area contributed by atoms with Crippen LogP contribution >= 0.6 is 23.4 Å². The maximum Gasteiger partial charge on any atom is 0.237 e. The van der Waals surface area contributed by atoms with Crippen LogP contribution in [0.5, 0.6) is 0 Å². The summed E-state index contributed by atoms with van der Waals surface area (Å²) in [7, 11) is 1.83.